The lowest BCUT2D eigenvalue weighted by molar-refractivity contribution is 0.0921. The van der Waals surface area contributed by atoms with Gasteiger partial charge in [-0.15, -0.1) is 0 Å². The number of hydrogen-bond acceptors (Lipinski definition) is 3. The summed E-state index contributed by atoms with van der Waals surface area (Å²) in [6.07, 6.45) is 3.82. The number of carbonyl (C=O) groups is 1. The number of carbonyl (C=O) groups excluding carboxylic acids is 1. The van der Waals surface area contributed by atoms with E-state index in [-0.39, 0.29) is 11.9 Å². The predicted molar refractivity (Wildman–Crippen MR) is 77.6 cm³/mol. The second-order valence-electron chi connectivity index (χ2n) is 5.17. The smallest absolute Gasteiger partial charge is 0.273 e. The Balaban J connectivity index is 1.70. The van der Waals surface area contributed by atoms with E-state index in [9.17, 15) is 4.79 Å². The third kappa shape index (κ3) is 2.37. The molecule has 0 bridgehead atoms. The highest BCUT2D eigenvalue weighted by atomic mass is 79.9. The monoisotopic (exact) mass is 337 g/mol. The Morgan fingerprint density at radius 3 is 3.05 bits per heavy atom. The molecule has 2 N–H and O–H groups in total. The third-order valence-corrected chi connectivity index (χ3v) is 4.51. The molecule has 3 heterocycles. The lowest BCUT2D eigenvalue weighted by atomic mass is 10.1. The van der Waals surface area contributed by atoms with Crippen LogP contribution in [0.25, 0.3) is 0 Å². The van der Waals surface area contributed by atoms with Crippen molar-refractivity contribution in [3.63, 3.8) is 0 Å². The first kappa shape index (κ1) is 13.4. The molecule has 1 atom stereocenters. The van der Waals surface area contributed by atoms with E-state index in [0.717, 1.165) is 41.1 Å². The second-order valence-corrected chi connectivity index (χ2v) is 5.96. The van der Waals surface area contributed by atoms with Crippen molar-refractivity contribution in [1.29, 1.82) is 0 Å². The maximum absolute atomic E-state index is 12.2. The molecule has 0 radical (unpaired) electrons. The Morgan fingerprint density at radius 2 is 2.35 bits per heavy atom. The molecule has 106 valence electrons. The minimum Gasteiger partial charge on any atom is -0.346 e. The van der Waals surface area contributed by atoms with Crippen LogP contribution in [0.1, 0.15) is 34.1 Å². The molecular formula is C13H16BrN5O. The van der Waals surface area contributed by atoms with Crippen molar-refractivity contribution >= 4 is 21.8 Å². The van der Waals surface area contributed by atoms with Crippen LogP contribution in [0.2, 0.25) is 0 Å². The largest absolute Gasteiger partial charge is 0.346 e. The van der Waals surface area contributed by atoms with E-state index in [4.69, 9.17) is 0 Å². The van der Waals surface area contributed by atoms with Gasteiger partial charge in [0.25, 0.3) is 5.91 Å². The van der Waals surface area contributed by atoms with Crippen molar-refractivity contribution in [3.05, 3.63) is 33.6 Å². The molecule has 0 spiro atoms. The predicted octanol–water partition coefficient (Wildman–Crippen LogP) is 1.73. The van der Waals surface area contributed by atoms with Crippen LogP contribution in [0.15, 0.2) is 10.7 Å². The molecular weight excluding hydrogens is 322 g/mol. The normalized spacial score (nSPS) is 17.9. The summed E-state index contributed by atoms with van der Waals surface area (Å²) in [6, 6.07) is 0.118. The fourth-order valence-corrected chi connectivity index (χ4v) is 2.88. The maximum Gasteiger partial charge on any atom is 0.273 e. The summed E-state index contributed by atoms with van der Waals surface area (Å²) in [5.41, 5.74) is 2.29. The van der Waals surface area contributed by atoms with E-state index in [0.29, 0.717) is 5.69 Å². The van der Waals surface area contributed by atoms with Crippen molar-refractivity contribution in [2.45, 2.75) is 39.3 Å². The van der Waals surface area contributed by atoms with E-state index in [1.54, 1.807) is 0 Å². The Bertz CT molecular complexity index is 660. The first-order valence-corrected chi connectivity index (χ1v) is 7.38. The highest BCUT2D eigenvalue weighted by Crippen LogP contribution is 2.19. The van der Waals surface area contributed by atoms with Crippen LogP contribution in [0, 0.1) is 13.8 Å². The Labute approximate surface area is 125 Å². The van der Waals surface area contributed by atoms with Gasteiger partial charge in [-0.25, -0.2) is 4.98 Å². The van der Waals surface area contributed by atoms with Gasteiger partial charge in [-0.05, 0) is 36.2 Å². The number of aromatic amines is 1. The van der Waals surface area contributed by atoms with Crippen molar-refractivity contribution in [2.24, 2.45) is 0 Å². The summed E-state index contributed by atoms with van der Waals surface area (Å²) in [6.45, 7) is 4.63. The summed E-state index contributed by atoms with van der Waals surface area (Å²) in [5.74, 6) is 0.955. The van der Waals surface area contributed by atoms with Gasteiger partial charge in [-0.3, -0.25) is 9.89 Å². The number of nitrogens with one attached hydrogen (secondary N) is 2. The van der Waals surface area contributed by atoms with E-state index in [1.807, 2.05) is 20.0 Å². The van der Waals surface area contributed by atoms with Gasteiger partial charge in [0.05, 0.1) is 10.2 Å². The lowest BCUT2D eigenvalue weighted by Crippen LogP contribution is -2.41. The van der Waals surface area contributed by atoms with Crippen molar-refractivity contribution in [1.82, 2.24) is 25.1 Å². The van der Waals surface area contributed by atoms with Gasteiger partial charge < -0.3 is 9.88 Å². The molecule has 7 heteroatoms. The number of imidazole rings is 1. The molecule has 0 fully saturated rings. The molecule has 20 heavy (non-hydrogen) atoms. The molecule has 0 saturated carbocycles. The van der Waals surface area contributed by atoms with Crippen LogP contribution in [-0.2, 0) is 13.0 Å². The van der Waals surface area contributed by atoms with E-state index in [1.165, 1.54) is 0 Å². The molecule has 1 aliphatic rings. The number of hydrogen-bond donors (Lipinski definition) is 2. The highest BCUT2D eigenvalue weighted by Gasteiger charge is 2.23. The molecule has 0 aromatic carbocycles. The number of nitrogens with zero attached hydrogens (tertiary/aromatic N) is 3. The zero-order chi connectivity index (χ0) is 14.3. The number of H-pyrrole nitrogens is 1. The summed E-state index contributed by atoms with van der Waals surface area (Å²) >= 11 is 3.37. The van der Waals surface area contributed by atoms with Gasteiger partial charge in [0.2, 0.25) is 0 Å². The SMILES string of the molecule is Cc1cn2c(n1)CC[C@H](NC(=O)c1n[nH]c(C)c1Br)C2. The van der Waals surface area contributed by atoms with Crippen LogP contribution < -0.4 is 5.32 Å². The first-order chi connectivity index (χ1) is 9.54. The summed E-state index contributed by atoms with van der Waals surface area (Å²) < 4.78 is 2.85. The molecule has 2 aromatic rings. The average molecular weight is 338 g/mol. The zero-order valence-corrected chi connectivity index (χ0v) is 13.0. The lowest BCUT2D eigenvalue weighted by Gasteiger charge is -2.24. The van der Waals surface area contributed by atoms with Crippen molar-refractivity contribution < 1.29 is 4.79 Å². The number of amides is 1. The minimum atomic E-state index is -0.147. The van der Waals surface area contributed by atoms with Crippen LogP contribution in [0.5, 0.6) is 0 Å². The van der Waals surface area contributed by atoms with Gasteiger partial charge >= 0.3 is 0 Å². The molecule has 0 saturated heterocycles. The molecule has 2 aromatic heterocycles. The van der Waals surface area contributed by atoms with Crippen LogP contribution in [0.4, 0.5) is 0 Å². The third-order valence-electron chi connectivity index (χ3n) is 3.54. The summed E-state index contributed by atoms with van der Waals surface area (Å²) in [4.78, 5) is 16.7. The van der Waals surface area contributed by atoms with Gasteiger partial charge in [-0.2, -0.15) is 5.10 Å². The van der Waals surface area contributed by atoms with Crippen LogP contribution >= 0.6 is 15.9 Å². The zero-order valence-electron chi connectivity index (χ0n) is 11.4. The quantitative estimate of drug-likeness (QED) is 0.876. The Kier molecular flexibility index (Phi) is 3.37. The van der Waals surface area contributed by atoms with Crippen LogP contribution in [-0.4, -0.2) is 31.7 Å². The standard InChI is InChI=1S/C13H16BrN5O/c1-7-5-19-6-9(3-4-10(19)15-7)16-13(20)12-11(14)8(2)17-18-12/h5,9H,3-4,6H2,1-2H3,(H,16,20)(H,17,18)/t9-/m0/s1. The maximum atomic E-state index is 12.2. The van der Waals surface area contributed by atoms with Crippen LogP contribution in [0.3, 0.4) is 0 Å². The fraction of sp³-hybridized carbons (Fsp3) is 0.462. The number of halogens is 1. The molecule has 6 nitrogen and oxygen atoms in total. The van der Waals surface area contributed by atoms with Gasteiger partial charge in [-0.1, -0.05) is 0 Å². The minimum absolute atomic E-state index is 0.118. The van der Waals surface area contributed by atoms with E-state index >= 15 is 0 Å². The second kappa shape index (κ2) is 5.05. The van der Waals surface area contributed by atoms with Gasteiger partial charge in [0.15, 0.2) is 5.69 Å². The van der Waals surface area contributed by atoms with E-state index < -0.39 is 0 Å². The summed E-state index contributed by atoms with van der Waals surface area (Å²) in [7, 11) is 0. The number of aryl methyl sites for hydroxylation is 3. The first-order valence-electron chi connectivity index (χ1n) is 6.58. The average Bonchev–Trinajstić information content (AvgIpc) is 2.92. The highest BCUT2D eigenvalue weighted by molar-refractivity contribution is 9.10. The Morgan fingerprint density at radius 1 is 1.55 bits per heavy atom. The molecule has 0 aliphatic carbocycles. The fourth-order valence-electron chi connectivity index (χ4n) is 2.52. The van der Waals surface area contributed by atoms with E-state index in [2.05, 4.69) is 41.0 Å². The number of aromatic nitrogens is 4. The summed E-state index contributed by atoms with van der Waals surface area (Å²) in [5, 5.41) is 9.87. The topological polar surface area (TPSA) is 75.6 Å². The van der Waals surface area contributed by atoms with Gasteiger partial charge in [0, 0.05) is 30.9 Å². The molecule has 3 rings (SSSR count). The number of fused-ring (bicyclic) bond motifs is 1. The molecule has 0 unspecified atom stereocenters. The van der Waals surface area contributed by atoms with Gasteiger partial charge in [0.1, 0.15) is 5.82 Å². The van der Waals surface area contributed by atoms with Crippen molar-refractivity contribution in [3.8, 4) is 0 Å². The molecule has 1 aliphatic heterocycles. The van der Waals surface area contributed by atoms with Crippen molar-refractivity contribution in [2.75, 3.05) is 0 Å². The number of rotatable bonds is 2. The Hall–Kier alpha value is -1.63. The molecule has 1 amide bonds.